The summed E-state index contributed by atoms with van der Waals surface area (Å²) in [7, 11) is 5.42. The molecule has 28 heavy (non-hydrogen) atoms. The van der Waals surface area contributed by atoms with Crippen molar-refractivity contribution in [3.8, 4) is 11.5 Å². The van der Waals surface area contributed by atoms with Crippen LogP contribution in [0.15, 0.2) is 23.2 Å². The lowest BCUT2D eigenvalue weighted by molar-refractivity contribution is 0.291. The van der Waals surface area contributed by atoms with Crippen LogP contribution in [0.1, 0.15) is 32.3 Å². The second kappa shape index (κ2) is 13.1. The molecule has 0 spiro atoms. The fraction of sp³-hybridized carbons (Fsp3) is 0.667. The fourth-order valence-corrected chi connectivity index (χ4v) is 3.49. The molecule has 1 unspecified atom stereocenters. The maximum atomic E-state index is 5.53. The van der Waals surface area contributed by atoms with E-state index in [-0.39, 0.29) is 24.0 Å². The zero-order chi connectivity index (χ0) is 19.6. The maximum Gasteiger partial charge on any atom is 0.193 e. The molecule has 1 aliphatic heterocycles. The summed E-state index contributed by atoms with van der Waals surface area (Å²) in [4.78, 5) is 9.58. The average Bonchev–Trinajstić information content (AvgIpc) is 3.18. The van der Waals surface area contributed by atoms with Gasteiger partial charge in [-0.05, 0) is 50.9 Å². The van der Waals surface area contributed by atoms with Crippen molar-refractivity contribution in [3.05, 3.63) is 23.8 Å². The predicted molar refractivity (Wildman–Crippen MR) is 127 cm³/mol. The summed E-state index contributed by atoms with van der Waals surface area (Å²) in [6.45, 7) is 10.4. The van der Waals surface area contributed by atoms with E-state index in [1.807, 2.05) is 18.2 Å². The number of ether oxygens (including phenoxy) is 2. The van der Waals surface area contributed by atoms with Gasteiger partial charge in [-0.1, -0.05) is 6.92 Å². The van der Waals surface area contributed by atoms with Crippen LogP contribution in [-0.4, -0.2) is 69.8 Å². The lowest BCUT2D eigenvalue weighted by Crippen LogP contribution is -2.39. The largest absolute Gasteiger partial charge is 0.497 e. The van der Waals surface area contributed by atoms with Crippen molar-refractivity contribution in [2.24, 2.45) is 10.9 Å². The van der Waals surface area contributed by atoms with Crippen LogP contribution in [-0.2, 0) is 6.54 Å². The highest BCUT2D eigenvalue weighted by atomic mass is 127. The molecule has 1 N–H and O–H groups in total. The Kier molecular flexibility index (Phi) is 11.6. The van der Waals surface area contributed by atoms with Crippen LogP contribution in [0.2, 0.25) is 0 Å². The molecule has 0 aliphatic carbocycles. The number of benzene rings is 1. The molecule has 1 aromatic carbocycles. The molecule has 1 atom stereocenters. The number of halogens is 1. The Balaban J connectivity index is 0.00000392. The number of likely N-dealkylation sites (tertiary alicyclic amines) is 1. The third-order valence-electron chi connectivity index (χ3n) is 4.92. The zero-order valence-electron chi connectivity index (χ0n) is 18.0. The van der Waals surface area contributed by atoms with Gasteiger partial charge < -0.3 is 24.6 Å². The molecule has 1 aliphatic rings. The second-order valence-electron chi connectivity index (χ2n) is 7.34. The first kappa shape index (κ1) is 24.8. The van der Waals surface area contributed by atoms with Crippen molar-refractivity contribution in [2.75, 3.05) is 54.0 Å². The molecule has 0 aromatic heterocycles. The molecule has 7 heteroatoms. The monoisotopic (exact) mass is 504 g/mol. The van der Waals surface area contributed by atoms with Gasteiger partial charge in [0, 0.05) is 44.9 Å². The number of guanidine groups is 1. The Bertz CT molecular complexity index is 606. The minimum Gasteiger partial charge on any atom is -0.497 e. The first-order valence-electron chi connectivity index (χ1n) is 10.00. The molecule has 2 rings (SSSR count). The van der Waals surface area contributed by atoms with Crippen LogP contribution < -0.4 is 14.8 Å². The minimum atomic E-state index is 0. The molecule has 1 aromatic rings. The lowest BCUT2D eigenvalue weighted by Gasteiger charge is -2.24. The van der Waals surface area contributed by atoms with E-state index in [0.29, 0.717) is 5.92 Å². The zero-order valence-corrected chi connectivity index (χ0v) is 20.4. The summed E-state index contributed by atoms with van der Waals surface area (Å²) < 4.78 is 10.8. The number of hydrogen-bond acceptors (Lipinski definition) is 4. The first-order valence-corrected chi connectivity index (χ1v) is 10.00. The van der Waals surface area contributed by atoms with Crippen LogP contribution >= 0.6 is 24.0 Å². The molecule has 0 bridgehead atoms. The topological polar surface area (TPSA) is 49.3 Å². The van der Waals surface area contributed by atoms with Gasteiger partial charge in [0.05, 0.1) is 14.2 Å². The van der Waals surface area contributed by atoms with E-state index in [0.717, 1.165) is 49.2 Å². The van der Waals surface area contributed by atoms with Gasteiger partial charge in [0.25, 0.3) is 0 Å². The molecule has 1 fully saturated rings. The highest BCUT2D eigenvalue weighted by Gasteiger charge is 2.15. The van der Waals surface area contributed by atoms with Gasteiger partial charge in [-0.25, -0.2) is 0 Å². The summed E-state index contributed by atoms with van der Waals surface area (Å²) in [5.41, 5.74) is 1.11. The molecule has 0 amide bonds. The van der Waals surface area contributed by atoms with Gasteiger partial charge in [0.2, 0.25) is 0 Å². The number of methoxy groups -OCH3 is 2. The third kappa shape index (κ3) is 7.66. The van der Waals surface area contributed by atoms with Crippen LogP contribution in [0.25, 0.3) is 0 Å². The smallest absolute Gasteiger partial charge is 0.193 e. The van der Waals surface area contributed by atoms with Gasteiger partial charge in [-0.15, -0.1) is 24.0 Å². The van der Waals surface area contributed by atoms with Gasteiger partial charge in [0.1, 0.15) is 11.5 Å². The van der Waals surface area contributed by atoms with Crippen molar-refractivity contribution in [1.29, 1.82) is 0 Å². The minimum absolute atomic E-state index is 0. The Labute approximate surface area is 187 Å². The first-order chi connectivity index (χ1) is 13.1. The number of hydrogen-bond donors (Lipinski definition) is 1. The Morgan fingerprint density at radius 1 is 1.25 bits per heavy atom. The number of nitrogens with zero attached hydrogens (tertiary/aromatic N) is 3. The Hall–Kier alpha value is -1.22. The molecule has 160 valence electrons. The summed E-state index contributed by atoms with van der Waals surface area (Å²) in [5, 5.41) is 3.41. The van der Waals surface area contributed by atoms with Gasteiger partial charge in [-0.2, -0.15) is 0 Å². The predicted octanol–water partition coefficient (Wildman–Crippen LogP) is 3.45. The Morgan fingerprint density at radius 3 is 2.57 bits per heavy atom. The van der Waals surface area contributed by atoms with E-state index in [9.17, 15) is 0 Å². The summed E-state index contributed by atoms with van der Waals surface area (Å²) in [5.74, 6) is 3.12. The van der Waals surface area contributed by atoms with Crippen LogP contribution in [0.5, 0.6) is 11.5 Å². The fourth-order valence-electron chi connectivity index (χ4n) is 3.49. The third-order valence-corrected chi connectivity index (χ3v) is 4.92. The van der Waals surface area contributed by atoms with E-state index >= 15 is 0 Å². The van der Waals surface area contributed by atoms with Crippen molar-refractivity contribution in [3.63, 3.8) is 0 Å². The van der Waals surface area contributed by atoms with E-state index in [1.54, 1.807) is 14.2 Å². The van der Waals surface area contributed by atoms with Crippen LogP contribution in [0.4, 0.5) is 0 Å². The number of aliphatic imine (C=N–C) groups is 1. The number of nitrogens with one attached hydrogen (secondary N) is 1. The summed E-state index contributed by atoms with van der Waals surface area (Å²) in [6, 6.07) is 5.94. The SMILES string of the molecule is CCNC(=NCC(C)CN1CCCC1)N(C)Cc1ccc(OC)cc1OC.I. The van der Waals surface area contributed by atoms with E-state index in [4.69, 9.17) is 14.5 Å². The number of rotatable bonds is 9. The Morgan fingerprint density at radius 2 is 1.96 bits per heavy atom. The van der Waals surface area contributed by atoms with E-state index in [2.05, 4.69) is 36.0 Å². The van der Waals surface area contributed by atoms with Crippen LogP contribution in [0, 0.1) is 5.92 Å². The molecule has 1 heterocycles. The lowest BCUT2D eigenvalue weighted by atomic mass is 10.1. The van der Waals surface area contributed by atoms with Gasteiger partial charge in [0.15, 0.2) is 5.96 Å². The van der Waals surface area contributed by atoms with Crippen molar-refractivity contribution < 1.29 is 9.47 Å². The molecule has 6 nitrogen and oxygen atoms in total. The van der Waals surface area contributed by atoms with Crippen LogP contribution in [0.3, 0.4) is 0 Å². The average molecular weight is 504 g/mol. The molecular weight excluding hydrogens is 467 g/mol. The maximum absolute atomic E-state index is 5.53. The summed E-state index contributed by atoms with van der Waals surface area (Å²) >= 11 is 0. The van der Waals surface area contributed by atoms with E-state index in [1.165, 1.54) is 25.9 Å². The van der Waals surface area contributed by atoms with Crippen molar-refractivity contribution in [1.82, 2.24) is 15.1 Å². The molecule has 1 saturated heterocycles. The summed E-state index contributed by atoms with van der Waals surface area (Å²) in [6.07, 6.45) is 2.68. The highest BCUT2D eigenvalue weighted by Crippen LogP contribution is 2.25. The van der Waals surface area contributed by atoms with E-state index < -0.39 is 0 Å². The van der Waals surface area contributed by atoms with Gasteiger partial charge >= 0.3 is 0 Å². The van der Waals surface area contributed by atoms with Crippen molar-refractivity contribution >= 4 is 29.9 Å². The standard InChI is InChI=1S/C21H36N4O2.HI/c1-6-22-21(23-14-17(2)15-25-11-7-8-12-25)24(3)16-18-9-10-19(26-4)13-20(18)27-5;/h9-10,13,17H,6-8,11-12,14-16H2,1-5H3,(H,22,23);1H. The molecule has 0 radical (unpaired) electrons. The van der Waals surface area contributed by atoms with Gasteiger partial charge in [-0.3, -0.25) is 4.99 Å². The molecular formula is C21H37IN4O2. The highest BCUT2D eigenvalue weighted by molar-refractivity contribution is 14.0. The van der Waals surface area contributed by atoms with Crippen molar-refractivity contribution in [2.45, 2.75) is 33.2 Å². The normalized spacial score (nSPS) is 15.7. The molecule has 0 saturated carbocycles. The second-order valence-corrected chi connectivity index (χ2v) is 7.34. The quantitative estimate of drug-likeness (QED) is 0.317.